The van der Waals surface area contributed by atoms with Crippen LogP contribution in [0.15, 0.2) is 36.5 Å². The summed E-state index contributed by atoms with van der Waals surface area (Å²) >= 11 is 0. The lowest BCUT2D eigenvalue weighted by molar-refractivity contribution is -0.167. The topological polar surface area (TPSA) is 78.9 Å². The molecular formula is C73H136O6. The summed E-state index contributed by atoms with van der Waals surface area (Å²) in [5, 5.41) is 0. The molecule has 1 unspecified atom stereocenters. The van der Waals surface area contributed by atoms with E-state index in [1.165, 1.54) is 295 Å². The van der Waals surface area contributed by atoms with Crippen molar-refractivity contribution >= 4 is 17.9 Å². The van der Waals surface area contributed by atoms with Crippen molar-refractivity contribution in [2.24, 2.45) is 0 Å². The highest BCUT2D eigenvalue weighted by Gasteiger charge is 2.19. The summed E-state index contributed by atoms with van der Waals surface area (Å²) in [6.45, 7) is 6.70. The molecule has 0 radical (unpaired) electrons. The van der Waals surface area contributed by atoms with Crippen molar-refractivity contribution < 1.29 is 28.6 Å². The van der Waals surface area contributed by atoms with Gasteiger partial charge in [-0.1, -0.05) is 314 Å². The minimum Gasteiger partial charge on any atom is -0.462 e. The number of hydrogen-bond acceptors (Lipinski definition) is 6. The summed E-state index contributed by atoms with van der Waals surface area (Å²) < 4.78 is 17.0. The summed E-state index contributed by atoms with van der Waals surface area (Å²) in [6, 6.07) is 0. The SMILES string of the molecule is CCCCCCCC/C=C\CCCCCCCCCCCC(=O)OCC(COC(=O)CCCCCCCCCCCCC/C=C\CCCCCCCCCC)OC(=O)CCCCCCCCCCC/C=C\CCCCCCCC. The first-order valence-corrected chi connectivity index (χ1v) is 35.5. The summed E-state index contributed by atoms with van der Waals surface area (Å²) in [5.41, 5.74) is 0. The standard InChI is InChI=1S/C73H136O6/c1-4-7-10-13-16-19-22-25-28-31-34-35-36-37-40-42-45-48-51-54-57-60-63-66-72(75)78-69-70(79-73(76)67-64-61-58-55-52-49-46-43-39-33-30-27-24-21-18-15-12-9-6-3)68-77-71(74)65-62-59-56-53-50-47-44-41-38-32-29-26-23-20-17-14-11-8-5-2/h26-27,29-31,34,70H,4-25,28,32-33,35-69H2,1-3H3/b29-26-,30-27-,34-31-. The fourth-order valence-corrected chi connectivity index (χ4v) is 10.7. The van der Waals surface area contributed by atoms with Crippen LogP contribution in [0.5, 0.6) is 0 Å². The molecule has 0 fully saturated rings. The van der Waals surface area contributed by atoms with Gasteiger partial charge in [0.25, 0.3) is 0 Å². The Morgan fingerprint density at radius 3 is 0.633 bits per heavy atom. The maximum absolute atomic E-state index is 13.0. The third-order valence-corrected chi connectivity index (χ3v) is 16.1. The normalized spacial score (nSPS) is 12.2. The van der Waals surface area contributed by atoms with Gasteiger partial charge >= 0.3 is 17.9 Å². The number of ether oxygens (including phenoxy) is 3. The zero-order valence-electron chi connectivity index (χ0n) is 53.4. The Morgan fingerprint density at radius 1 is 0.241 bits per heavy atom. The highest BCUT2D eigenvalue weighted by atomic mass is 16.6. The minimum absolute atomic E-state index is 0.0701. The number of hydrogen-bond donors (Lipinski definition) is 0. The Balaban J connectivity index is 4.31. The number of carbonyl (C=O) groups excluding carboxylic acids is 3. The van der Waals surface area contributed by atoms with E-state index < -0.39 is 6.10 Å². The molecule has 79 heavy (non-hydrogen) atoms. The molecule has 0 amide bonds. The highest BCUT2D eigenvalue weighted by Crippen LogP contribution is 2.18. The van der Waals surface area contributed by atoms with Gasteiger partial charge in [0, 0.05) is 19.3 Å². The number of allylic oxidation sites excluding steroid dienone is 6. The minimum atomic E-state index is -0.774. The van der Waals surface area contributed by atoms with Crippen molar-refractivity contribution in [1.82, 2.24) is 0 Å². The largest absolute Gasteiger partial charge is 0.462 e. The summed E-state index contributed by atoms with van der Waals surface area (Å²) in [7, 11) is 0. The number of esters is 3. The second-order valence-electron chi connectivity index (χ2n) is 24.1. The fraction of sp³-hybridized carbons (Fsp3) is 0.877. The molecule has 464 valence electrons. The Bertz CT molecular complexity index is 1320. The van der Waals surface area contributed by atoms with Gasteiger partial charge in [0.15, 0.2) is 6.10 Å². The van der Waals surface area contributed by atoms with Gasteiger partial charge < -0.3 is 14.2 Å². The van der Waals surface area contributed by atoms with Gasteiger partial charge in [-0.05, 0) is 96.3 Å². The van der Waals surface area contributed by atoms with Crippen LogP contribution in [0.1, 0.15) is 393 Å². The lowest BCUT2D eigenvalue weighted by atomic mass is 10.0. The second-order valence-corrected chi connectivity index (χ2v) is 24.1. The number of carbonyl (C=O) groups is 3. The van der Waals surface area contributed by atoms with Gasteiger partial charge in [-0.15, -0.1) is 0 Å². The molecule has 6 heteroatoms. The van der Waals surface area contributed by atoms with E-state index in [0.29, 0.717) is 19.3 Å². The summed E-state index contributed by atoms with van der Waals surface area (Å²) in [5.74, 6) is -0.846. The average Bonchev–Trinajstić information content (AvgIpc) is 3.45. The van der Waals surface area contributed by atoms with Gasteiger partial charge in [-0.2, -0.15) is 0 Å². The van der Waals surface area contributed by atoms with Gasteiger partial charge in [0.2, 0.25) is 0 Å². The van der Waals surface area contributed by atoms with E-state index in [-0.39, 0.29) is 31.1 Å². The quantitative estimate of drug-likeness (QED) is 0.0261. The Labute approximate surface area is 493 Å². The number of unbranched alkanes of at least 4 members (excludes halogenated alkanes) is 49. The molecule has 0 aromatic rings. The molecule has 0 rings (SSSR count). The van der Waals surface area contributed by atoms with Crippen molar-refractivity contribution in [2.75, 3.05) is 13.2 Å². The molecule has 0 spiro atoms. The smallest absolute Gasteiger partial charge is 0.306 e. The molecule has 0 aliphatic carbocycles. The predicted octanol–water partition coefficient (Wildman–Crippen LogP) is 24.3. The highest BCUT2D eigenvalue weighted by molar-refractivity contribution is 5.71. The van der Waals surface area contributed by atoms with Gasteiger partial charge in [0.1, 0.15) is 13.2 Å². The van der Waals surface area contributed by atoms with E-state index >= 15 is 0 Å². The molecule has 6 nitrogen and oxygen atoms in total. The van der Waals surface area contributed by atoms with Crippen LogP contribution in [0.2, 0.25) is 0 Å². The molecule has 0 aromatic heterocycles. The monoisotopic (exact) mass is 1110 g/mol. The fourth-order valence-electron chi connectivity index (χ4n) is 10.7. The zero-order chi connectivity index (χ0) is 57.1. The average molecular weight is 1110 g/mol. The first kappa shape index (κ1) is 76.6. The van der Waals surface area contributed by atoms with E-state index in [4.69, 9.17) is 14.2 Å². The molecule has 0 aromatic carbocycles. The van der Waals surface area contributed by atoms with Crippen LogP contribution in [0, 0.1) is 0 Å². The van der Waals surface area contributed by atoms with E-state index in [9.17, 15) is 14.4 Å². The molecule has 0 bridgehead atoms. The van der Waals surface area contributed by atoms with E-state index in [1.54, 1.807) is 0 Å². The van der Waals surface area contributed by atoms with Crippen LogP contribution >= 0.6 is 0 Å². The van der Waals surface area contributed by atoms with Crippen molar-refractivity contribution in [3.63, 3.8) is 0 Å². The van der Waals surface area contributed by atoms with E-state index in [2.05, 4.69) is 57.2 Å². The first-order valence-electron chi connectivity index (χ1n) is 35.5. The molecule has 0 saturated heterocycles. The summed E-state index contributed by atoms with van der Waals surface area (Å²) in [6.07, 6.45) is 84.5. The Kier molecular flexibility index (Phi) is 66.1. The third-order valence-electron chi connectivity index (χ3n) is 16.1. The van der Waals surface area contributed by atoms with Crippen molar-refractivity contribution in [2.45, 2.75) is 399 Å². The van der Waals surface area contributed by atoms with Crippen LogP contribution < -0.4 is 0 Å². The molecule has 0 N–H and O–H groups in total. The zero-order valence-corrected chi connectivity index (χ0v) is 53.4. The van der Waals surface area contributed by atoms with Gasteiger partial charge in [-0.3, -0.25) is 14.4 Å². The molecule has 1 atom stereocenters. The van der Waals surface area contributed by atoms with Gasteiger partial charge in [-0.25, -0.2) is 0 Å². The third kappa shape index (κ3) is 66.3. The van der Waals surface area contributed by atoms with Crippen LogP contribution in [0.25, 0.3) is 0 Å². The van der Waals surface area contributed by atoms with E-state index in [0.717, 1.165) is 57.8 Å². The Hall–Kier alpha value is -2.37. The first-order chi connectivity index (χ1) is 39.0. The van der Waals surface area contributed by atoms with Crippen LogP contribution in [0.4, 0.5) is 0 Å². The van der Waals surface area contributed by atoms with E-state index in [1.807, 2.05) is 0 Å². The lowest BCUT2D eigenvalue weighted by Crippen LogP contribution is -2.30. The molecule has 0 aliphatic rings. The van der Waals surface area contributed by atoms with Crippen molar-refractivity contribution in [1.29, 1.82) is 0 Å². The lowest BCUT2D eigenvalue weighted by Gasteiger charge is -2.18. The van der Waals surface area contributed by atoms with Gasteiger partial charge in [0.05, 0.1) is 0 Å². The molecule has 0 heterocycles. The van der Waals surface area contributed by atoms with Crippen LogP contribution in [-0.2, 0) is 28.6 Å². The van der Waals surface area contributed by atoms with Crippen molar-refractivity contribution in [3.8, 4) is 0 Å². The molecular weight excluding hydrogens is 973 g/mol. The maximum atomic E-state index is 13.0. The molecule has 0 aliphatic heterocycles. The molecule has 0 saturated carbocycles. The number of rotatable bonds is 66. The maximum Gasteiger partial charge on any atom is 0.306 e. The van der Waals surface area contributed by atoms with Crippen LogP contribution in [0.3, 0.4) is 0 Å². The Morgan fingerprint density at radius 2 is 0.418 bits per heavy atom. The summed E-state index contributed by atoms with van der Waals surface area (Å²) in [4.78, 5) is 38.5. The van der Waals surface area contributed by atoms with Crippen LogP contribution in [-0.4, -0.2) is 37.2 Å². The van der Waals surface area contributed by atoms with Crippen molar-refractivity contribution in [3.05, 3.63) is 36.5 Å². The second kappa shape index (κ2) is 68.1. The predicted molar refractivity (Wildman–Crippen MR) is 344 cm³/mol.